The minimum absolute atomic E-state index is 0.178. The van der Waals surface area contributed by atoms with Crippen molar-refractivity contribution in [3.05, 3.63) is 65.0 Å². The number of ether oxygens (including phenoxy) is 1. The first-order chi connectivity index (χ1) is 9.61. The van der Waals surface area contributed by atoms with Gasteiger partial charge in [-0.05, 0) is 31.0 Å². The van der Waals surface area contributed by atoms with Crippen molar-refractivity contribution in [3.8, 4) is 5.75 Å². The number of benzene rings is 2. The second-order valence-corrected chi connectivity index (χ2v) is 4.92. The van der Waals surface area contributed by atoms with Crippen LogP contribution in [-0.2, 0) is 6.54 Å². The Morgan fingerprint density at radius 1 is 1.20 bits per heavy atom. The number of hydrogen-bond acceptors (Lipinski definition) is 2. The molecular weight excluding hydrogens is 253 g/mol. The Balaban J connectivity index is 2.04. The maximum atomic E-state index is 13.8. The Morgan fingerprint density at radius 2 is 1.95 bits per heavy atom. The van der Waals surface area contributed by atoms with Gasteiger partial charge in [0.1, 0.15) is 11.6 Å². The number of methoxy groups -OCH3 is 1. The lowest BCUT2D eigenvalue weighted by Gasteiger charge is -2.17. The molecule has 0 aliphatic rings. The average molecular weight is 273 g/mol. The van der Waals surface area contributed by atoms with Crippen molar-refractivity contribution in [2.75, 3.05) is 7.11 Å². The molecule has 0 saturated heterocycles. The van der Waals surface area contributed by atoms with Crippen molar-refractivity contribution < 1.29 is 9.13 Å². The zero-order valence-corrected chi connectivity index (χ0v) is 12.1. The van der Waals surface area contributed by atoms with Crippen LogP contribution in [-0.4, -0.2) is 7.11 Å². The van der Waals surface area contributed by atoms with E-state index in [1.165, 1.54) is 24.3 Å². The van der Waals surface area contributed by atoms with Crippen molar-refractivity contribution in [1.29, 1.82) is 0 Å². The van der Waals surface area contributed by atoms with Crippen LogP contribution >= 0.6 is 0 Å². The maximum Gasteiger partial charge on any atom is 0.131 e. The molecule has 20 heavy (non-hydrogen) atoms. The topological polar surface area (TPSA) is 21.3 Å². The quantitative estimate of drug-likeness (QED) is 0.889. The predicted molar refractivity (Wildman–Crippen MR) is 79.4 cm³/mol. The molecule has 0 spiro atoms. The zero-order chi connectivity index (χ0) is 14.5. The molecule has 0 amide bonds. The van der Waals surface area contributed by atoms with Crippen LogP contribution in [0.4, 0.5) is 4.39 Å². The van der Waals surface area contributed by atoms with E-state index in [1.807, 2.05) is 12.1 Å². The highest BCUT2D eigenvalue weighted by atomic mass is 19.1. The van der Waals surface area contributed by atoms with Crippen LogP contribution in [0.25, 0.3) is 0 Å². The standard InChI is InChI=1S/C17H20FNO/c1-12-6-4-5-7-16(12)13(2)19-11-14-8-9-15(20-3)10-17(14)18/h4-10,13,19H,11H2,1-3H3/t13-/m0/s1. The first-order valence-electron chi connectivity index (χ1n) is 6.73. The molecule has 0 bridgehead atoms. The summed E-state index contributed by atoms with van der Waals surface area (Å²) in [5, 5.41) is 3.35. The molecule has 2 rings (SSSR count). The summed E-state index contributed by atoms with van der Waals surface area (Å²) in [5.74, 6) is 0.298. The summed E-state index contributed by atoms with van der Waals surface area (Å²) >= 11 is 0. The predicted octanol–water partition coefficient (Wildman–Crippen LogP) is 3.99. The summed E-state index contributed by atoms with van der Waals surface area (Å²) in [5.41, 5.74) is 3.12. The summed E-state index contributed by atoms with van der Waals surface area (Å²) < 4.78 is 18.8. The fourth-order valence-corrected chi connectivity index (χ4v) is 2.24. The van der Waals surface area contributed by atoms with E-state index in [1.54, 1.807) is 12.1 Å². The van der Waals surface area contributed by atoms with E-state index < -0.39 is 0 Å². The smallest absolute Gasteiger partial charge is 0.131 e. The first-order valence-corrected chi connectivity index (χ1v) is 6.73. The second kappa shape index (κ2) is 6.53. The molecule has 0 heterocycles. The summed E-state index contributed by atoms with van der Waals surface area (Å²) in [4.78, 5) is 0. The lowest BCUT2D eigenvalue weighted by Crippen LogP contribution is -2.19. The lowest BCUT2D eigenvalue weighted by atomic mass is 10.0. The third kappa shape index (κ3) is 3.36. The van der Waals surface area contributed by atoms with E-state index in [0.29, 0.717) is 17.9 Å². The Hall–Kier alpha value is -1.87. The van der Waals surface area contributed by atoms with Crippen LogP contribution in [0.2, 0.25) is 0 Å². The number of halogens is 1. The van der Waals surface area contributed by atoms with E-state index >= 15 is 0 Å². The fraction of sp³-hybridized carbons (Fsp3) is 0.294. The van der Waals surface area contributed by atoms with Gasteiger partial charge < -0.3 is 10.1 Å². The number of hydrogen-bond donors (Lipinski definition) is 1. The molecule has 0 unspecified atom stereocenters. The molecule has 1 N–H and O–H groups in total. The van der Waals surface area contributed by atoms with Crippen molar-refractivity contribution in [2.24, 2.45) is 0 Å². The summed E-state index contributed by atoms with van der Waals surface area (Å²) in [6, 6.07) is 13.3. The summed E-state index contributed by atoms with van der Waals surface area (Å²) in [6.45, 7) is 4.66. The van der Waals surface area contributed by atoms with Gasteiger partial charge in [0, 0.05) is 24.2 Å². The Kier molecular flexibility index (Phi) is 4.74. The highest BCUT2D eigenvalue weighted by molar-refractivity contribution is 5.30. The molecule has 2 aromatic carbocycles. The highest BCUT2D eigenvalue weighted by Crippen LogP contribution is 2.19. The van der Waals surface area contributed by atoms with Crippen LogP contribution < -0.4 is 10.1 Å². The molecule has 0 saturated carbocycles. The van der Waals surface area contributed by atoms with Gasteiger partial charge in [0.15, 0.2) is 0 Å². The van der Waals surface area contributed by atoms with Gasteiger partial charge in [-0.3, -0.25) is 0 Å². The Morgan fingerprint density at radius 3 is 2.60 bits per heavy atom. The molecule has 0 fully saturated rings. The van der Waals surface area contributed by atoms with Crippen molar-refractivity contribution in [1.82, 2.24) is 5.32 Å². The van der Waals surface area contributed by atoms with Crippen LogP contribution in [0.15, 0.2) is 42.5 Å². The van der Waals surface area contributed by atoms with Crippen molar-refractivity contribution in [3.63, 3.8) is 0 Å². The molecule has 2 nitrogen and oxygen atoms in total. The highest BCUT2D eigenvalue weighted by Gasteiger charge is 2.09. The minimum atomic E-state index is -0.242. The molecule has 1 atom stereocenters. The van der Waals surface area contributed by atoms with E-state index in [4.69, 9.17) is 4.74 Å². The molecule has 2 aromatic rings. The van der Waals surface area contributed by atoms with Gasteiger partial charge in [-0.2, -0.15) is 0 Å². The molecular formula is C17H20FNO. The normalized spacial score (nSPS) is 12.2. The molecule has 0 aromatic heterocycles. The van der Waals surface area contributed by atoms with E-state index in [2.05, 4.69) is 31.3 Å². The van der Waals surface area contributed by atoms with Gasteiger partial charge >= 0.3 is 0 Å². The number of aryl methyl sites for hydroxylation is 1. The van der Waals surface area contributed by atoms with Gasteiger partial charge in [-0.25, -0.2) is 4.39 Å². The van der Waals surface area contributed by atoms with Gasteiger partial charge in [0.25, 0.3) is 0 Å². The van der Waals surface area contributed by atoms with Gasteiger partial charge in [-0.15, -0.1) is 0 Å². The van der Waals surface area contributed by atoms with Gasteiger partial charge in [0.05, 0.1) is 7.11 Å². The summed E-state index contributed by atoms with van der Waals surface area (Å²) in [6.07, 6.45) is 0. The molecule has 3 heteroatoms. The van der Waals surface area contributed by atoms with E-state index in [-0.39, 0.29) is 11.9 Å². The number of nitrogens with one attached hydrogen (secondary N) is 1. The van der Waals surface area contributed by atoms with Crippen LogP contribution in [0, 0.1) is 12.7 Å². The lowest BCUT2D eigenvalue weighted by molar-refractivity contribution is 0.410. The largest absolute Gasteiger partial charge is 0.497 e. The SMILES string of the molecule is COc1ccc(CN[C@@H](C)c2ccccc2C)c(F)c1. The summed E-state index contributed by atoms with van der Waals surface area (Å²) in [7, 11) is 1.53. The van der Waals surface area contributed by atoms with Crippen LogP contribution in [0.3, 0.4) is 0 Å². The first kappa shape index (κ1) is 14.5. The molecule has 0 aliphatic heterocycles. The molecule has 0 aliphatic carbocycles. The van der Waals surface area contributed by atoms with Crippen LogP contribution in [0.5, 0.6) is 5.75 Å². The molecule has 0 radical (unpaired) electrons. The Labute approximate surface area is 119 Å². The Bertz CT molecular complexity index is 583. The zero-order valence-electron chi connectivity index (χ0n) is 12.1. The number of rotatable bonds is 5. The van der Waals surface area contributed by atoms with Gasteiger partial charge in [0.2, 0.25) is 0 Å². The third-order valence-corrected chi connectivity index (χ3v) is 3.51. The average Bonchev–Trinajstić information content (AvgIpc) is 2.46. The second-order valence-electron chi connectivity index (χ2n) is 4.92. The monoisotopic (exact) mass is 273 g/mol. The van der Waals surface area contributed by atoms with Crippen molar-refractivity contribution in [2.45, 2.75) is 26.4 Å². The van der Waals surface area contributed by atoms with Crippen LogP contribution in [0.1, 0.15) is 29.7 Å². The van der Waals surface area contributed by atoms with E-state index in [9.17, 15) is 4.39 Å². The minimum Gasteiger partial charge on any atom is -0.497 e. The molecule has 106 valence electrons. The maximum absolute atomic E-state index is 13.8. The van der Waals surface area contributed by atoms with Gasteiger partial charge in [-0.1, -0.05) is 30.3 Å². The van der Waals surface area contributed by atoms with E-state index in [0.717, 1.165) is 0 Å². The van der Waals surface area contributed by atoms with Crippen molar-refractivity contribution >= 4 is 0 Å². The fourth-order valence-electron chi connectivity index (χ4n) is 2.24. The third-order valence-electron chi connectivity index (χ3n) is 3.51.